The van der Waals surface area contributed by atoms with E-state index < -0.39 is 5.91 Å². The molecule has 0 saturated heterocycles. The Morgan fingerprint density at radius 2 is 2.38 bits per heavy atom. The van der Waals surface area contributed by atoms with E-state index in [2.05, 4.69) is 9.97 Å². The molecule has 0 radical (unpaired) electrons. The highest BCUT2D eigenvalue weighted by atomic mass is 16.5. The smallest absolute Gasteiger partial charge is 0.295 e. The summed E-state index contributed by atoms with van der Waals surface area (Å²) in [5.74, 6) is -0.591. The van der Waals surface area contributed by atoms with Gasteiger partial charge in [-0.15, -0.1) is 0 Å². The van der Waals surface area contributed by atoms with Gasteiger partial charge < -0.3 is 10.1 Å². The van der Waals surface area contributed by atoms with E-state index >= 15 is 0 Å². The molecule has 0 saturated carbocycles. The zero-order chi connectivity index (χ0) is 11.7. The average molecular weight is 221 g/mol. The topological polar surface area (TPSA) is 89.5 Å². The van der Waals surface area contributed by atoms with E-state index in [4.69, 9.17) is 10.3 Å². The van der Waals surface area contributed by atoms with Gasteiger partial charge in [0.25, 0.3) is 5.91 Å². The Balaban J connectivity index is 2.53. The third kappa shape index (κ3) is 1.64. The molecule has 0 unspecified atom stereocenters. The number of aliphatic hydroxyl groups is 1. The molecule has 0 atom stereocenters. The number of carbonyl (C=O) groups excluding carboxylic acids is 1. The number of aromatic amines is 1. The van der Waals surface area contributed by atoms with Crippen molar-refractivity contribution in [3.8, 4) is 0 Å². The normalized spacial score (nSPS) is 10.7. The van der Waals surface area contributed by atoms with Gasteiger partial charge in [0.2, 0.25) is 0 Å². The lowest BCUT2D eigenvalue weighted by molar-refractivity contribution is -0.0379. The number of nitrogens with one attached hydrogen (secondary N) is 1. The monoisotopic (exact) mass is 221 g/mol. The summed E-state index contributed by atoms with van der Waals surface area (Å²) < 4.78 is 0. The molecule has 0 aliphatic rings. The fourth-order valence-corrected chi connectivity index (χ4v) is 1.49. The lowest BCUT2D eigenvalue weighted by atomic mass is 10.2. The van der Waals surface area contributed by atoms with E-state index in [1.165, 1.54) is 19.3 Å². The molecule has 6 heteroatoms. The van der Waals surface area contributed by atoms with Crippen LogP contribution in [-0.2, 0) is 6.61 Å². The summed E-state index contributed by atoms with van der Waals surface area (Å²) in [7, 11) is 1.23. The van der Waals surface area contributed by atoms with E-state index in [-0.39, 0.29) is 12.3 Å². The number of nitrogens with zero attached hydrogens (tertiary/aromatic N) is 2. The van der Waals surface area contributed by atoms with Crippen LogP contribution in [0, 0.1) is 0 Å². The van der Waals surface area contributed by atoms with Gasteiger partial charge in [-0.05, 0) is 6.07 Å². The van der Waals surface area contributed by atoms with Crippen molar-refractivity contribution in [3.05, 3.63) is 29.7 Å². The van der Waals surface area contributed by atoms with Crippen molar-refractivity contribution in [3.63, 3.8) is 0 Å². The van der Waals surface area contributed by atoms with Gasteiger partial charge in [-0.1, -0.05) is 0 Å². The lowest BCUT2D eigenvalue weighted by Crippen LogP contribution is -2.23. The van der Waals surface area contributed by atoms with Gasteiger partial charge in [0.15, 0.2) is 0 Å². The first-order valence-corrected chi connectivity index (χ1v) is 4.67. The van der Waals surface area contributed by atoms with Crippen molar-refractivity contribution in [1.29, 1.82) is 0 Å². The predicted molar refractivity (Wildman–Crippen MR) is 55.9 cm³/mol. The van der Waals surface area contributed by atoms with Crippen LogP contribution < -0.4 is 0 Å². The van der Waals surface area contributed by atoms with Gasteiger partial charge >= 0.3 is 0 Å². The molecule has 0 bridgehead atoms. The molecule has 0 fully saturated rings. The second-order valence-corrected chi connectivity index (χ2v) is 3.42. The molecule has 0 aliphatic heterocycles. The lowest BCUT2D eigenvalue weighted by Gasteiger charge is -2.07. The van der Waals surface area contributed by atoms with Crippen molar-refractivity contribution in [2.45, 2.75) is 6.61 Å². The molecule has 16 heavy (non-hydrogen) atoms. The highest BCUT2D eigenvalue weighted by Crippen LogP contribution is 2.18. The van der Waals surface area contributed by atoms with Crippen molar-refractivity contribution >= 4 is 16.8 Å². The van der Waals surface area contributed by atoms with Crippen LogP contribution in [0.25, 0.3) is 10.9 Å². The van der Waals surface area contributed by atoms with E-state index in [1.54, 1.807) is 6.20 Å². The zero-order valence-electron chi connectivity index (χ0n) is 8.64. The molecule has 6 nitrogen and oxygen atoms in total. The van der Waals surface area contributed by atoms with Gasteiger partial charge in [-0.3, -0.25) is 10.0 Å². The van der Waals surface area contributed by atoms with Gasteiger partial charge in [0, 0.05) is 24.2 Å². The standard InChI is InChI=1S/C10H11N3O3/c1-13(16)10(15)8-2-7-6(5-14)3-11-9(7)4-12-8/h2-4,11,14,16H,5H2,1H3. The average Bonchev–Trinajstić information content (AvgIpc) is 2.69. The minimum atomic E-state index is -0.591. The number of rotatable bonds is 2. The molecule has 0 spiro atoms. The molecule has 2 heterocycles. The SMILES string of the molecule is CN(O)C(=O)c1cc2c(CO)c[nH]c2cn1. The van der Waals surface area contributed by atoms with E-state index in [0.29, 0.717) is 10.6 Å². The fraction of sp³-hybridized carbons (Fsp3) is 0.200. The van der Waals surface area contributed by atoms with Gasteiger partial charge in [-0.25, -0.2) is 10.0 Å². The van der Waals surface area contributed by atoms with Crippen LogP contribution in [0.15, 0.2) is 18.5 Å². The number of H-pyrrole nitrogens is 1. The largest absolute Gasteiger partial charge is 0.392 e. The molecule has 2 aromatic rings. The van der Waals surface area contributed by atoms with Crippen LogP contribution in [0.5, 0.6) is 0 Å². The number of hydrogen-bond acceptors (Lipinski definition) is 4. The molecule has 2 rings (SSSR count). The Hall–Kier alpha value is -1.92. The summed E-state index contributed by atoms with van der Waals surface area (Å²) in [6.07, 6.45) is 3.15. The molecular weight excluding hydrogens is 210 g/mol. The molecule has 0 aromatic carbocycles. The first kappa shape index (κ1) is 10.6. The molecule has 84 valence electrons. The molecule has 0 aliphatic carbocycles. The second-order valence-electron chi connectivity index (χ2n) is 3.42. The second kappa shape index (κ2) is 3.92. The van der Waals surface area contributed by atoms with Gasteiger partial charge in [0.05, 0.1) is 18.3 Å². The third-order valence-electron chi connectivity index (χ3n) is 2.34. The number of hydrogen-bond donors (Lipinski definition) is 3. The number of carbonyl (C=O) groups is 1. The molecule has 1 amide bonds. The fourth-order valence-electron chi connectivity index (χ4n) is 1.49. The summed E-state index contributed by atoms with van der Waals surface area (Å²) in [6, 6.07) is 1.53. The highest BCUT2D eigenvalue weighted by molar-refractivity contribution is 5.95. The Morgan fingerprint density at radius 3 is 3.00 bits per heavy atom. The predicted octanol–water partition coefficient (Wildman–Crippen LogP) is 0.516. The van der Waals surface area contributed by atoms with Crippen LogP contribution in [0.4, 0.5) is 0 Å². The Bertz CT molecular complexity index is 533. The Morgan fingerprint density at radius 1 is 1.62 bits per heavy atom. The maximum atomic E-state index is 11.5. The minimum Gasteiger partial charge on any atom is -0.392 e. The number of amides is 1. The molecule has 3 N–H and O–H groups in total. The van der Waals surface area contributed by atoms with E-state index in [0.717, 1.165) is 10.9 Å². The number of hydroxylamine groups is 2. The summed E-state index contributed by atoms with van der Waals surface area (Å²) in [6.45, 7) is -0.118. The van der Waals surface area contributed by atoms with Gasteiger partial charge in [0.1, 0.15) is 5.69 Å². The number of pyridine rings is 1. The maximum Gasteiger partial charge on any atom is 0.295 e. The van der Waals surface area contributed by atoms with Crippen molar-refractivity contribution in [1.82, 2.24) is 15.0 Å². The van der Waals surface area contributed by atoms with Crippen LogP contribution in [-0.4, -0.2) is 38.3 Å². The molecular formula is C10H11N3O3. The third-order valence-corrected chi connectivity index (χ3v) is 2.34. The number of aromatic nitrogens is 2. The summed E-state index contributed by atoms with van der Waals surface area (Å²) in [5, 5.41) is 19.3. The van der Waals surface area contributed by atoms with E-state index in [1.807, 2.05) is 0 Å². The van der Waals surface area contributed by atoms with Gasteiger partial charge in [-0.2, -0.15) is 0 Å². The minimum absolute atomic E-state index is 0.118. The van der Waals surface area contributed by atoms with Crippen LogP contribution in [0.3, 0.4) is 0 Å². The van der Waals surface area contributed by atoms with Crippen LogP contribution in [0.2, 0.25) is 0 Å². The van der Waals surface area contributed by atoms with Crippen molar-refractivity contribution in [2.75, 3.05) is 7.05 Å². The quantitative estimate of drug-likeness (QED) is 0.509. The molecule has 2 aromatic heterocycles. The number of aliphatic hydroxyl groups excluding tert-OH is 1. The highest BCUT2D eigenvalue weighted by Gasteiger charge is 2.13. The summed E-state index contributed by atoms with van der Waals surface area (Å²) >= 11 is 0. The van der Waals surface area contributed by atoms with Crippen LogP contribution in [0.1, 0.15) is 16.1 Å². The Kier molecular flexibility index (Phi) is 2.59. The Labute approximate surface area is 91.1 Å². The number of fused-ring (bicyclic) bond motifs is 1. The van der Waals surface area contributed by atoms with Crippen LogP contribution >= 0.6 is 0 Å². The maximum absolute atomic E-state index is 11.5. The zero-order valence-corrected chi connectivity index (χ0v) is 8.64. The first-order valence-electron chi connectivity index (χ1n) is 4.67. The summed E-state index contributed by atoms with van der Waals surface area (Å²) in [4.78, 5) is 18.3. The van der Waals surface area contributed by atoms with Crippen molar-refractivity contribution in [2.24, 2.45) is 0 Å². The first-order chi connectivity index (χ1) is 7.63. The van der Waals surface area contributed by atoms with Crippen molar-refractivity contribution < 1.29 is 15.1 Å². The summed E-state index contributed by atoms with van der Waals surface area (Å²) in [5.41, 5.74) is 1.56. The van der Waals surface area contributed by atoms with E-state index in [9.17, 15) is 4.79 Å².